The molecule has 2 aromatic rings. The number of hydrogen-bond donors (Lipinski definition) is 3. The maximum atomic E-state index is 10.9. The van der Waals surface area contributed by atoms with Gasteiger partial charge in [-0.25, -0.2) is 4.99 Å². The van der Waals surface area contributed by atoms with Crippen molar-refractivity contribution in [2.45, 2.75) is 25.0 Å². The molecule has 0 bridgehead atoms. The maximum Gasteiger partial charge on any atom is 0.189 e. The van der Waals surface area contributed by atoms with Crippen LogP contribution in [0.5, 0.6) is 11.5 Å². The van der Waals surface area contributed by atoms with Crippen molar-refractivity contribution in [1.29, 1.82) is 0 Å². The van der Waals surface area contributed by atoms with Crippen LogP contribution in [-0.2, 0) is 18.6 Å². The van der Waals surface area contributed by atoms with Gasteiger partial charge in [0.1, 0.15) is 5.60 Å². The van der Waals surface area contributed by atoms with E-state index in [4.69, 9.17) is 15.2 Å². The summed E-state index contributed by atoms with van der Waals surface area (Å²) in [6, 6.07) is 13.6. The number of guanidine groups is 1. The highest BCUT2D eigenvalue weighted by molar-refractivity contribution is 5.78. The lowest BCUT2D eigenvalue weighted by atomic mass is 9.96. The lowest BCUT2D eigenvalue weighted by Gasteiger charge is -2.24. The van der Waals surface area contributed by atoms with Gasteiger partial charge in [-0.2, -0.15) is 0 Å². The fourth-order valence-corrected chi connectivity index (χ4v) is 3.30. The summed E-state index contributed by atoms with van der Waals surface area (Å²) in [5, 5.41) is 13.9. The number of aryl methyl sites for hydroxylation is 1. The van der Waals surface area contributed by atoms with Gasteiger partial charge < -0.3 is 25.6 Å². The average molecular weight is 355 g/mol. The fourth-order valence-electron chi connectivity index (χ4n) is 3.30. The highest BCUT2D eigenvalue weighted by Gasteiger charge is 2.36. The third-order valence-corrected chi connectivity index (χ3v) is 4.77. The van der Waals surface area contributed by atoms with Gasteiger partial charge >= 0.3 is 0 Å². The van der Waals surface area contributed by atoms with E-state index in [-0.39, 0.29) is 0 Å². The zero-order chi connectivity index (χ0) is 18.6. The first-order valence-electron chi connectivity index (χ1n) is 8.61. The Bertz CT molecular complexity index is 807. The molecule has 4 N–H and O–H groups in total. The smallest absolute Gasteiger partial charge is 0.189 e. The van der Waals surface area contributed by atoms with E-state index in [0.29, 0.717) is 37.0 Å². The monoisotopic (exact) mass is 355 g/mol. The Hall–Kier alpha value is -2.73. The van der Waals surface area contributed by atoms with E-state index in [9.17, 15) is 5.11 Å². The van der Waals surface area contributed by atoms with E-state index >= 15 is 0 Å². The normalized spacial score (nSPS) is 19.1. The van der Waals surface area contributed by atoms with Gasteiger partial charge in [-0.3, -0.25) is 0 Å². The predicted octanol–water partition coefficient (Wildman–Crippen LogP) is 1.94. The second-order valence-corrected chi connectivity index (χ2v) is 6.43. The molecule has 0 heterocycles. The molecule has 1 aliphatic carbocycles. The summed E-state index contributed by atoms with van der Waals surface area (Å²) in [5.74, 6) is 1.63. The number of nitrogens with two attached hydrogens (primary N) is 1. The van der Waals surface area contributed by atoms with Gasteiger partial charge in [0.25, 0.3) is 0 Å². The summed E-state index contributed by atoms with van der Waals surface area (Å²) < 4.78 is 10.5. The molecule has 0 aliphatic heterocycles. The number of aliphatic imine (C=N–C) groups is 1. The number of aliphatic hydroxyl groups is 1. The molecule has 0 saturated carbocycles. The Morgan fingerprint density at radius 3 is 2.73 bits per heavy atom. The van der Waals surface area contributed by atoms with Gasteiger partial charge in [0, 0.05) is 0 Å². The second kappa shape index (κ2) is 7.66. The first-order chi connectivity index (χ1) is 12.6. The van der Waals surface area contributed by atoms with Crippen molar-refractivity contribution >= 4 is 5.96 Å². The molecule has 1 unspecified atom stereocenters. The Morgan fingerprint density at radius 2 is 1.96 bits per heavy atom. The molecule has 1 atom stereocenters. The number of fused-ring (bicyclic) bond motifs is 1. The van der Waals surface area contributed by atoms with Crippen LogP contribution < -0.4 is 20.5 Å². The van der Waals surface area contributed by atoms with E-state index in [2.05, 4.69) is 16.4 Å². The average Bonchev–Trinajstić information content (AvgIpc) is 3.02. The number of hydrogen-bond acceptors (Lipinski definition) is 4. The van der Waals surface area contributed by atoms with Crippen LogP contribution in [0.25, 0.3) is 0 Å². The number of nitrogens with zero attached hydrogens (tertiary/aromatic N) is 1. The van der Waals surface area contributed by atoms with E-state index in [0.717, 1.165) is 17.5 Å². The Kier molecular flexibility index (Phi) is 5.32. The van der Waals surface area contributed by atoms with Crippen LogP contribution in [0.1, 0.15) is 23.1 Å². The van der Waals surface area contributed by atoms with Crippen molar-refractivity contribution in [3.8, 4) is 11.5 Å². The lowest BCUT2D eigenvalue weighted by Crippen LogP contribution is -2.42. The van der Waals surface area contributed by atoms with Crippen molar-refractivity contribution in [2.75, 3.05) is 20.8 Å². The highest BCUT2D eigenvalue weighted by Crippen LogP contribution is 2.36. The molecule has 138 valence electrons. The van der Waals surface area contributed by atoms with Gasteiger partial charge in [-0.05, 0) is 41.7 Å². The molecule has 0 spiro atoms. The molecule has 0 saturated heterocycles. The molecule has 2 aromatic carbocycles. The standard InChI is InChI=1S/C20H25N3O3/c1-25-17-8-7-14(11-18(17)26-2)12-22-19(21)23-13-20(24)10-9-15-5-3-4-6-16(15)20/h3-8,11,24H,9-10,12-13H2,1-2H3,(H3,21,22,23). The minimum Gasteiger partial charge on any atom is -0.493 e. The van der Waals surface area contributed by atoms with Crippen molar-refractivity contribution < 1.29 is 14.6 Å². The van der Waals surface area contributed by atoms with Crippen molar-refractivity contribution in [3.05, 3.63) is 59.2 Å². The zero-order valence-corrected chi connectivity index (χ0v) is 15.2. The molecule has 26 heavy (non-hydrogen) atoms. The first kappa shape index (κ1) is 18.1. The van der Waals surface area contributed by atoms with Gasteiger partial charge in [0.05, 0.1) is 27.3 Å². The lowest BCUT2D eigenvalue weighted by molar-refractivity contribution is 0.0433. The maximum absolute atomic E-state index is 10.9. The molecule has 0 fully saturated rings. The predicted molar refractivity (Wildman–Crippen MR) is 102 cm³/mol. The summed E-state index contributed by atoms with van der Waals surface area (Å²) in [7, 11) is 3.20. The van der Waals surface area contributed by atoms with E-state index < -0.39 is 5.60 Å². The minimum atomic E-state index is -0.903. The molecule has 0 aromatic heterocycles. The summed E-state index contributed by atoms with van der Waals surface area (Å²) in [4.78, 5) is 4.35. The van der Waals surface area contributed by atoms with E-state index in [1.54, 1.807) is 14.2 Å². The van der Waals surface area contributed by atoms with Crippen LogP contribution in [0, 0.1) is 0 Å². The Balaban J connectivity index is 1.61. The third kappa shape index (κ3) is 3.75. The van der Waals surface area contributed by atoms with Crippen molar-refractivity contribution in [2.24, 2.45) is 10.7 Å². The van der Waals surface area contributed by atoms with Crippen LogP contribution in [0.4, 0.5) is 0 Å². The van der Waals surface area contributed by atoms with Crippen molar-refractivity contribution in [1.82, 2.24) is 5.32 Å². The van der Waals surface area contributed by atoms with Crippen LogP contribution in [0.3, 0.4) is 0 Å². The van der Waals surface area contributed by atoms with Gasteiger partial charge in [0.2, 0.25) is 0 Å². The number of rotatable bonds is 6. The molecule has 6 heteroatoms. The SMILES string of the molecule is COc1ccc(CN=C(N)NCC2(O)CCc3ccccc32)cc1OC. The molecule has 6 nitrogen and oxygen atoms in total. The fraction of sp³-hybridized carbons (Fsp3) is 0.350. The molecule has 3 rings (SSSR count). The van der Waals surface area contributed by atoms with Crippen LogP contribution in [-0.4, -0.2) is 31.8 Å². The molecule has 1 aliphatic rings. The number of methoxy groups -OCH3 is 2. The van der Waals surface area contributed by atoms with Gasteiger partial charge in [-0.1, -0.05) is 30.3 Å². The number of ether oxygens (including phenoxy) is 2. The minimum absolute atomic E-state index is 0.303. The summed E-state index contributed by atoms with van der Waals surface area (Å²) in [6.45, 7) is 0.749. The summed E-state index contributed by atoms with van der Waals surface area (Å²) in [6.07, 6.45) is 1.55. The van der Waals surface area contributed by atoms with Gasteiger partial charge in [-0.15, -0.1) is 0 Å². The topological polar surface area (TPSA) is 89.1 Å². The third-order valence-electron chi connectivity index (χ3n) is 4.77. The van der Waals surface area contributed by atoms with Crippen LogP contribution in [0.2, 0.25) is 0 Å². The number of nitrogens with one attached hydrogen (secondary N) is 1. The van der Waals surface area contributed by atoms with E-state index in [1.165, 1.54) is 5.56 Å². The molecule has 0 radical (unpaired) electrons. The number of benzene rings is 2. The molecule has 0 amide bonds. The Morgan fingerprint density at radius 1 is 1.19 bits per heavy atom. The van der Waals surface area contributed by atoms with Crippen LogP contribution >= 0.6 is 0 Å². The van der Waals surface area contributed by atoms with Crippen LogP contribution in [0.15, 0.2) is 47.5 Å². The summed E-state index contributed by atoms with van der Waals surface area (Å²) in [5.41, 5.74) is 8.19. The van der Waals surface area contributed by atoms with Crippen molar-refractivity contribution in [3.63, 3.8) is 0 Å². The summed E-state index contributed by atoms with van der Waals surface area (Å²) >= 11 is 0. The Labute approximate surface area is 153 Å². The molecular weight excluding hydrogens is 330 g/mol. The second-order valence-electron chi connectivity index (χ2n) is 6.43. The quantitative estimate of drug-likeness (QED) is 0.544. The zero-order valence-electron chi connectivity index (χ0n) is 15.2. The first-order valence-corrected chi connectivity index (χ1v) is 8.61. The largest absolute Gasteiger partial charge is 0.493 e. The molecular formula is C20H25N3O3. The highest BCUT2D eigenvalue weighted by atomic mass is 16.5. The van der Waals surface area contributed by atoms with E-state index in [1.807, 2.05) is 36.4 Å². The van der Waals surface area contributed by atoms with Gasteiger partial charge in [0.15, 0.2) is 17.5 Å².